The molecular weight excluding hydrogens is 297 g/mol. The van der Waals surface area contributed by atoms with Crippen LogP contribution in [0.3, 0.4) is 0 Å². The number of aryl methyl sites for hydroxylation is 1. The van der Waals surface area contributed by atoms with E-state index in [4.69, 9.17) is 0 Å². The van der Waals surface area contributed by atoms with E-state index in [-0.39, 0.29) is 5.56 Å². The second-order valence-electron chi connectivity index (χ2n) is 4.21. The maximum atomic E-state index is 12.1. The third kappa shape index (κ3) is 4.34. The number of aromatic nitrogens is 1. The van der Waals surface area contributed by atoms with Crippen molar-refractivity contribution in [3.63, 3.8) is 0 Å². The van der Waals surface area contributed by atoms with Gasteiger partial charge in [-0.25, -0.2) is 13.1 Å². The topological polar surface area (TPSA) is 79.0 Å². The number of nitrogens with one attached hydrogen (secondary N) is 2. The van der Waals surface area contributed by atoms with E-state index in [2.05, 4.69) is 4.98 Å². The molecule has 20 heavy (non-hydrogen) atoms. The summed E-state index contributed by atoms with van der Waals surface area (Å²) >= 11 is 0. The maximum absolute atomic E-state index is 12.1. The lowest BCUT2D eigenvalue weighted by Gasteiger charge is -2.09. The zero-order chi connectivity index (χ0) is 15.4. The molecule has 5 nitrogen and oxygen atoms in total. The molecule has 0 aliphatic rings. The fraction of sp³-hybridized carbons (Fsp3) is 0.545. The highest BCUT2D eigenvalue weighted by atomic mass is 32.2. The molecule has 0 aromatic carbocycles. The molecule has 0 amide bonds. The smallest absolute Gasteiger partial charge is 0.326 e. The highest BCUT2D eigenvalue weighted by Crippen LogP contribution is 2.21. The van der Waals surface area contributed by atoms with Gasteiger partial charge < -0.3 is 4.98 Å². The van der Waals surface area contributed by atoms with Gasteiger partial charge in [0.05, 0.1) is 0 Å². The summed E-state index contributed by atoms with van der Waals surface area (Å²) in [7, 11) is -5.44. The Morgan fingerprint density at radius 1 is 1.30 bits per heavy atom. The summed E-state index contributed by atoms with van der Waals surface area (Å²) in [4.78, 5) is 14.1. The van der Waals surface area contributed by atoms with Gasteiger partial charge in [0.25, 0.3) is 5.56 Å². The third-order valence-corrected chi connectivity index (χ3v) is 3.74. The van der Waals surface area contributed by atoms with Gasteiger partial charge in [0.2, 0.25) is 0 Å². The van der Waals surface area contributed by atoms with Crippen LogP contribution in [0, 0.1) is 0 Å². The number of H-pyrrole nitrogens is 1. The minimum Gasteiger partial charge on any atom is -0.326 e. The van der Waals surface area contributed by atoms with Gasteiger partial charge >= 0.3 is 15.5 Å². The van der Waals surface area contributed by atoms with Crippen molar-refractivity contribution in [3.8, 4) is 0 Å². The first-order valence-corrected chi connectivity index (χ1v) is 7.42. The Labute approximate surface area is 114 Å². The minimum atomic E-state index is -5.44. The van der Waals surface area contributed by atoms with Crippen molar-refractivity contribution in [1.82, 2.24) is 9.71 Å². The van der Waals surface area contributed by atoms with Gasteiger partial charge in [-0.2, -0.15) is 13.2 Å². The molecule has 1 aromatic rings. The van der Waals surface area contributed by atoms with Crippen LogP contribution in [-0.2, 0) is 23.0 Å². The van der Waals surface area contributed by atoms with E-state index >= 15 is 0 Å². The van der Waals surface area contributed by atoms with Gasteiger partial charge in [-0.05, 0) is 18.9 Å². The van der Waals surface area contributed by atoms with Crippen LogP contribution < -0.4 is 10.3 Å². The summed E-state index contributed by atoms with van der Waals surface area (Å²) in [5, 5.41) is 0. The van der Waals surface area contributed by atoms with Crippen LogP contribution in [0.1, 0.15) is 31.0 Å². The quantitative estimate of drug-likeness (QED) is 0.838. The Morgan fingerprint density at radius 3 is 2.45 bits per heavy atom. The van der Waals surface area contributed by atoms with Crippen LogP contribution in [0.4, 0.5) is 13.2 Å². The number of hydrogen-bond acceptors (Lipinski definition) is 3. The highest BCUT2D eigenvalue weighted by molar-refractivity contribution is 7.90. The van der Waals surface area contributed by atoms with Crippen molar-refractivity contribution in [2.75, 3.05) is 0 Å². The normalized spacial score (nSPS) is 12.6. The molecule has 0 fully saturated rings. The number of hydrogen-bond donors (Lipinski definition) is 2. The van der Waals surface area contributed by atoms with E-state index in [0.717, 1.165) is 12.8 Å². The monoisotopic (exact) mass is 312 g/mol. The van der Waals surface area contributed by atoms with Crippen molar-refractivity contribution in [2.24, 2.45) is 0 Å². The highest BCUT2D eigenvalue weighted by Gasteiger charge is 2.45. The zero-order valence-corrected chi connectivity index (χ0v) is 11.6. The van der Waals surface area contributed by atoms with Crippen LogP contribution in [0.25, 0.3) is 0 Å². The van der Waals surface area contributed by atoms with Gasteiger partial charge in [0.1, 0.15) is 0 Å². The summed E-state index contributed by atoms with van der Waals surface area (Å²) in [5.41, 5.74) is -5.39. The molecule has 1 rings (SSSR count). The number of halogens is 3. The average Bonchev–Trinajstić information content (AvgIpc) is 2.33. The molecule has 2 N–H and O–H groups in total. The first-order chi connectivity index (χ1) is 9.17. The van der Waals surface area contributed by atoms with Crippen LogP contribution in [0.5, 0.6) is 0 Å². The lowest BCUT2D eigenvalue weighted by molar-refractivity contribution is -0.0448. The molecule has 9 heteroatoms. The standard InChI is InChI=1S/C11H15F3N2O3S/c1-2-3-4-9-6-5-8(10(17)16-9)7-15-20(18,19)11(12,13)14/h5-6,15H,2-4,7H2,1H3,(H,16,17). The van der Waals surface area contributed by atoms with E-state index in [0.29, 0.717) is 12.1 Å². The lowest BCUT2D eigenvalue weighted by Crippen LogP contribution is -2.37. The van der Waals surface area contributed by atoms with Gasteiger partial charge in [-0.1, -0.05) is 19.4 Å². The number of unbranched alkanes of at least 4 members (excludes halogenated alkanes) is 1. The van der Waals surface area contributed by atoms with Crippen LogP contribution in [0.2, 0.25) is 0 Å². The lowest BCUT2D eigenvalue weighted by atomic mass is 10.1. The largest absolute Gasteiger partial charge is 0.511 e. The van der Waals surface area contributed by atoms with Gasteiger partial charge in [-0.15, -0.1) is 0 Å². The fourth-order valence-corrected chi connectivity index (χ4v) is 1.96. The molecule has 114 valence electrons. The van der Waals surface area contributed by atoms with Gasteiger partial charge in [0, 0.05) is 17.8 Å². The number of rotatable bonds is 6. The molecule has 1 aromatic heterocycles. The summed E-state index contributed by atoms with van der Waals surface area (Å²) in [5.74, 6) is 0. The SMILES string of the molecule is CCCCc1ccc(CNS(=O)(=O)C(F)(F)F)c(=O)[nH]1. The molecular formula is C11H15F3N2O3S. The first-order valence-electron chi connectivity index (χ1n) is 5.94. The summed E-state index contributed by atoms with van der Waals surface area (Å²) in [6.07, 6.45) is 2.46. The van der Waals surface area contributed by atoms with Gasteiger partial charge in [-0.3, -0.25) is 4.79 Å². The van der Waals surface area contributed by atoms with Crippen molar-refractivity contribution in [2.45, 2.75) is 38.2 Å². The Hall–Kier alpha value is -1.35. The van der Waals surface area contributed by atoms with E-state index in [1.807, 2.05) is 6.92 Å². The molecule has 0 saturated carbocycles. The second kappa shape index (κ2) is 6.40. The van der Waals surface area contributed by atoms with Crippen molar-refractivity contribution >= 4 is 10.0 Å². The van der Waals surface area contributed by atoms with Crippen molar-refractivity contribution in [1.29, 1.82) is 0 Å². The summed E-state index contributed by atoms with van der Waals surface area (Å²) in [6, 6.07) is 2.89. The minimum absolute atomic E-state index is 0.0712. The third-order valence-electron chi connectivity index (χ3n) is 2.61. The van der Waals surface area contributed by atoms with Gasteiger partial charge in [0.15, 0.2) is 0 Å². The molecule has 0 bridgehead atoms. The Morgan fingerprint density at radius 2 is 1.95 bits per heavy atom. The van der Waals surface area contributed by atoms with E-state index in [1.54, 1.807) is 6.07 Å². The predicted molar refractivity (Wildman–Crippen MR) is 67.5 cm³/mol. The number of aromatic amines is 1. The van der Waals surface area contributed by atoms with E-state index < -0.39 is 27.6 Å². The summed E-state index contributed by atoms with van der Waals surface area (Å²) in [6.45, 7) is 1.28. The molecule has 1 heterocycles. The van der Waals surface area contributed by atoms with Crippen LogP contribution in [0.15, 0.2) is 16.9 Å². The van der Waals surface area contributed by atoms with E-state index in [1.165, 1.54) is 10.8 Å². The Bertz CT molecular complexity index is 608. The average molecular weight is 312 g/mol. The number of pyridine rings is 1. The fourth-order valence-electron chi connectivity index (χ4n) is 1.45. The Balaban J connectivity index is 2.78. The Kier molecular flexibility index (Phi) is 5.35. The predicted octanol–water partition coefficient (Wildman–Crippen LogP) is 1.66. The molecule has 0 aliphatic heterocycles. The molecule has 0 saturated heterocycles. The number of sulfonamides is 1. The second-order valence-corrected chi connectivity index (χ2v) is 5.97. The maximum Gasteiger partial charge on any atom is 0.511 e. The van der Waals surface area contributed by atoms with Crippen LogP contribution >= 0.6 is 0 Å². The molecule has 0 unspecified atom stereocenters. The molecule has 0 radical (unpaired) electrons. The zero-order valence-electron chi connectivity index (χ0n) is 10.8. The number of alkyl halides is 3. The first kappa shape index (κ1) is 16.7. The summed E-state index contributed by atoms with van der Waals surface area (Å²) < 4.78 is 59.3. The van der Waals surface area contributed by atoms with Crippen molar-refractivity contribution < 1.29 is 21.6 Å². The molecule has 0 spiro atoms. The molecule has 0 atom stereocenters. The van der Waals surface area contributed by atoms with E-state index in [9.17, 15) is 26.4 Å². The molecule has 0 aliphatic carbocycles. The van der Waals surface area contributed by atoms with Crippen molar-refractivity contribution in [3.05, 3.63) is 33.7 Å². The van der Waals surface area contributed by atoms with Crippen LogP contribution in [-0.4, -0.2) is 18.9 Å².